The molecule has 0 radical (unpaired) electrons. The molecule has 0 aromatic rings. The van der Waals surface area contributed by atoms with E-state index in [9.17, 15) is 4.79 Å². The zero-order chi connectivity index (χ0) is 10.9. The van der Waals surface area contributed by atoms with Crippen LogP contribution < -0.4 is 0 Å². The molecule has 0 spiro atoms. The fraction of sp³-hybridized carbons (Fsp3) is 0.889. The normalized spacial score (nSPS) is 11.1. The largest absolute Gasteiger partial charge is 0.393 e. The van der Waals surface area contributed by atoms with E-state index in [1.54, 1.807) is 0 Å². The molecule has 0 N–H and O–H groups in total. The fourth-order valence-corrected chi connectivity index (χ4v) is 2.83. The van der Waals surface area contributed by atoms with Gasteiger partial charge in [-0.15, -0.1) is 0 Å². The molecule has 0 unspecified atom stereocenters. The predicted octanol–water partition coefficient (Wildman–Crippen LogP) is 1.79. The number of nitrogens with zero attached hydrogens (tertiary/aromatic N) is 1. The Morgan fingerprint density at radius 3 is 2.07 bits per heavy atom. The van der Waals surface area contributed by atoms with Gasteiger partial charge in [-0.25, -0.2) is 9.79 Å². The maximum Gasteiger partial charge on any atom is 0.358 e. The second kappa shape index (κ2) is 7.88. The van der Waals surface area contributed by atoms with E-state index in [4.69, 9.17) is 8.85 Å². The summed E-state index contributed by atoms with van der Waals surface area (Å²) in [6, 6.07) is 0. The van der Waals surface area contributed by atoms with E-state index in [1.165, 1.54) is 6.08 Å². The van der Waals surface area contributed by atoms with Crippen molar-refractivity contribution in [2.45, 2.75) is 33.2 Å². The summed E-state index contributed by atoms with van der Waals surface area (Å²) < 4.78 is 11.3. The van der Waals surface area contributed by atoms with E-state index in [0.717, 1.165) is 12.8 Å². The lowest BCUT2D eigenvalue weighted by Gasteiger charge is -2.24. The first-order chi connectivity index (χ1) is 6.68. The molecule has 0 aromatic heterocycles. The van der Waals surface area contributed by atoms with Crippen LogP contribution in [0, 0.1) is 0 Å². The van der Waals surface area contributed by atoms with E-state index in [2.05, 4.69) is 4.99 Å². The third-order valence-corrected chi connectivity index (χ3v) is 4.02. The van der Waals surface area contributed by atoms with Gasteiger partial charge in [-0.3, -0.25) is 0 Å². The van der Waals surface area contributed by atoms with E-state index in [1.807, 2.05) is 20.4 Å². The molecule has 0 aromatic carbocycles. The van der Waals surface area contributed by atoms with Crippen molar-refractivity contribution in [3.8, 4) is 0 Å². The molecule has 82 valence electrons. The number of carbonyl (C=O) groups excluding carboxylic acids is 1. The van der Waals surface area contributed by atoms with Crippen molar-refractivity contribution in [1.82, 2.24) is 0 Å². The van der Waals surface area contributed by atoms with Crippen molar-refractivity contribution in [1.29, 1.82) is 0 Å². The zero-order valence-electron chi connectivity index (χ0n) is 9.21. The minimum absolute atomic E-state index is 0.344. The summed E-state index contributed by atoms with van der Waals surface area (Å²) in [4.78, 5) is 13.6. The lowest BCUT2D eigenvalue weighted by molar-refractivity contribution is 0.174. The quantitative estimate of drug-likeness (QED) is 0.354. The van der Waals surface area contributed by atoms with Crippen molar-refractivity contribution in [2.24, 2.45) is 4.99 Å². The van der Waals surface area contributed by atoms with Crippen LogP contribution in [-0.2, 0) is 13.6 Å². The van der Waals surface area contributed by atoms with Gasteiger partial charge in [0.1, 0.15) is 0 Å². The number of hydrogen-bond acceptors (Lipinski definition) is 4. The molecule has 0 saturated carbocycles. The van der Waals surface area contributed by atoms with Gasteiger partial charge in [-0.1, -0.05) is 13.8 Å². The number of rotatable bonds is 8. The molecule has 0 bridgehead atoms. The highest BCUT2D eigenvalue weighted by Gasteiger charge is 2.31. The van der Waals surface area contributed by atoms with Gasteiger partial charge >= 0.3 is 8.56 Å². The van der Waals surface area contributed by atoms with Crippen LogP contribution in [0.3, 0.4) is 0 Å². The molecule has 0 aliphatic carbocycles. The van der Waals surface area contributed by atoms with Crippen molar-refractivity contribution in [2.75, 3.05) is 19.4 Å². The standard InChI is InChI=1S/C9H19NO3Si/c1-4-6-12-14(3,9-10-8-11)13-7-5-2/h4-7,9H2,1-3H3. The molecule has 0 atom stereocenters. The number of aliphatic imine (C=N–C) groups is 1. The molecule has 0 fully saturated rings. The predicted molar refractivity (Wildman–Crippen MR) is 57.1 cm³/mol. The van der Waals surface area contributed by atoms with Crippen LogP contribution in [-0.4, -0.2) is 34.0 Å². The molecular formula is C9H19NO3Si. The van der Waals surface area contributed by atoms with Gasteiger partial charge in [0.25, 0.3) is 0 Å². The van der Waals surface area contributed by atoms with Gasteiger partial charge in [0.15, 0.2) is 0 Å². The second-order valence-electron chi connectivity index (χ2n) is 3.24. The summed E-state index contributed by atoms with van der Waals surface area (Å²) in [6.07, 6.45) is 3.76. The van der Waals surface area contributed by atoms with E-state index in [-0.39, 0.29) is 0 Å². The molecule has 0 rings (SSSR count). The molecule has 0 aliphatic rings. The average Bonchev–Trinajstić information content (AvgIpc) is 2.21. The van der Waals surface area contributed by atoms with Crippen molar-refractivity contribution < 1.29 is 13.6 Å². The van der Waals surface area contributed by atoms with Crippen LogP contribution in [0.2, 0.25) is 6.55 Å². The van der Waals surface area contributed by atoms with Crippen LogP contribution in [0.15, 0.2) is 4.99 Å². The molecule has 4 nitrogen and oxygen atoms in total. The Morgan fingerprint density at radius 2 is 1.71 bits per heavy atom. The zero-order valence-corrected chi connectivity index (χ0v) is 10.2. The van der Waals surface area contributed by atoms with Crippen molar-refractivity contribution >= 4 is 14.6 Å². The van der Waals surface area contributed by atoms with Crippen LogP contribution in [0.4, 0.5) is 0 Å². The Kier molecular flexibility index (Phi) is 7.61. The molecule has 0 heterocycles. The number of isocyanates is 1. The van der Waals surface area contributed by atoms with Gasteiger partial charge in [-0.2, -0.15) is 0 Å². The number of hydrogen-bond donors (Lipinski definition) is 0. The summed E-state index contributed by atoms with van der Waals surface area (Å²) >= 11 is 0. The lowest BCUT2D eigenvalue weighted by atomic mass is 10.5. The van der Waals surface area contributed by atoms with Gasteiger partial charge in [-0.05, 0) is 19.4 Å². The first-order valence-electron chi connectivity index (χ1n) is 5.00. The third-order valence-electron chi connectivity index (χ3n) is 1.65. The van der Waals surface area contributed by atoms with Crippen molar-refractivity contribution in [3.63, 3.8) is 0 Å². The Labute approximate surface area is 86.6 Å². The summed E-state index contributed by atoms with van der Waals surface area (Å²) in [5.74, 6) is 0. The average molecular weight is 217 g/mol. The fourth-order valence-electron chi connectivity index (χ4n) is 0.945. The molecular weight excluding hydrogens is 198 g/mol. The molecule has 0 saturated heterocycles. The van der Waals surface area contributed by atoms with Gasteiger partial charge in [0.2, 0.25) is 6.08 Å². The second-order valence-corrected chi connectivity index (χ2v) is 6.40. The topological polar surface area (TPSA) is 47.9 Å². The Hall–Kier alpha value is -0.483. The van der Waals surface area contributed by atoms with Gasteiger partial charge in [0, 0.05) is 13.2 Å². The van der Waals surface area contributed by atoms with E-state index >= 15 is 0 Å². The van der Waals surface area contributed by atoms with E-state index in [0.29, 0.717) is 19.4 Å². The minimum Gasteiger partial charge on any atom is -0.393 e. The van der Waals surface area contributed by atoms with Gasteiger partial charge < -0.3 is 8.85 Å². The highest BCUT2D eigenvalue weighted by atomic mass is 28.4. The molecule has 14 heavy (non-hydrogen) atoms. The molecule has 5 heteroatoms. The molecule has 0 aliphatic heterocycles. The SMILES string of the molecule is CCCO[Si](C)(CN=C=O)OCCC. The first kappa shape index (κ1) is 13.5. The molecule has 0 amide bonds. The maximum atomic E-state index is 10.0. The summed E-state index contributed by atoms with van der Waals surface area (Å²) in [7, 11) is -2.24. The van der Waals surface area contributed by atoms with Crippen LogP contribution in [0.25, 0.3) is 0 Å². The monoisotopic (exact) mass is 217 g/mol. The highest BCUT2D eigenvalue weighted by Crippen LogP contribution is 2.08. The van der Waals surface area contributed by atoms with Crippen LogP contribution >= 0.6 is 0 Å². The van der Waals surface area contributed by atoms with E-state index < -0.39 is 8.56 Å². The maximum absolute atomic E-state index is 10.0. The third kappa shape index (κ3) is 6.04. The highest BCUT2D eigenvalue weighted by molar-refractivity contribution is 6.66. The first-order valence-corrected chi connectivity index (χ1v) is 7.52. The summed E-state index contributed by atoms with van der Waals surface area (Å²) in [6.45, 7) is 7.34. The summed E-state index contributed by atoms with van der Waals surface area (Å²) in [5.41, 5.74) is 0. The minimum atomic E-state index is -2.24. The summed E-state index contributed by atoms with van der Waals surface area (Å²) in [5, 5.41) is 0. The Morgan fingerprint density at radius 1 is 1.21 bits per heavy atom. The lowest BCUT2D eigenvalue weighted by Crippen LogP contribution is -2.43. The smallest absolute Gasteiger partial charge is 0.358 e. The Balaban J connectivity index is 4.08. The van der Waals surface area contributed by atoms with Crippen LogP contribution in [0.1, 0.15) is 26.7 Å². The van der Waals surface area contributed by atoms with Crippen LogP contribution in [0.5, 0.6) is 0 Å². The van der Waals surface area contributed by atoms with Gasteiger partial charge in [0.05, 0.1) is 6.17 Å². The Bertz CT molecular complexity index is 184. The van der Waals surface area contributed by atoms with Crippen molar-refractivity contribution in [3.05, 3.63) is 0 Å².